The smallest absolute Gasteiger partial charge is 0.119 e. The third-order valence-corrected chi connectivity index (χ3v) is 3.90. The van der Waals surface area contributed by atoms with E-state index in [2.05, 4.69) is 35.8 Å². The molecule has 0 bridgehead atoms. The molecule has 0 aliphatic rings. The number of thiophene rings is 1. The Labute approximate surface area is 119 Å². The molecule has 2 aromatic rings. The van der Waals surface area contributed by atoms with E-state index in [1.807, 2.05) is 37.3 Å². The number of hydrogen-bond acceptors (Lipinski definition) is 3. The lowest BCUT2D eigenvalue weighted by atomic mass is 10.2. The van der Waals surface area contributed by atoms with Gasteiger partial charge >= 0.3 is 0 Å². The quantitative estimate of drug-likeness (QED) is 0.855. The summed E-state index contributed by atoms with van der Waals surface area (Å²) >= 11 is 1.81. The number of benzene rings is 1. The first-order chi connectivity index (χ1) is 9.15. The molecule has 0 aliphatic carbocycles. The molecule has 1 aromatic heterocycles. The van der Waals surface area contributed by atoms with Crippen molar-refractivity contribution in [3.63, 3.8) is 0 Å². The molecule has 3 heteroatoms. The highest BCUT2D eigenvalue weighted by Gasteiger charge is 2.00. The first kappa shape index (κ1) is 14.1. The molecule has 2 nitrogen and oxygen atoms in total. The van der Waals surface area contributed by atoms with Crippen LogP contribution in [0.3, 0.4) is 0 Å². The third-order valence-electron chi connectivity index (χ3n) is 2.88. The second-order valence-corrected chi connectivity index (χ2v) is 5.94. The summed E-state index contributed by atoms with van der Waals surface area (Å²) in [6, 6.07) is 10.5. The van der Waals surface area contributed by atoms with Gasteiger partial charge in [0.1, 0.15) is 5.75 Å². The lowest BCUT2D eigenvalue weighted by Crippen LogP contribution is -2.12. The molecular weight excluding hydrogens is 254 g/mol. The molecule has 0 spiro atoms. The first-order valence-electron chi connectivity index (χ1n) is 6.64. The highest BCUT2D eigenvalue weighted by molar-refractivity contribution is 7.10. The van der Waals surface area contributed by atoms with Gasteiger partial charge in [-0.15, -0.1) is 11.3 Å². The highest BCUT2D eigenvalue weighted by atomic mass is 32.1. The predicted octanol–water partition coefficient (Wildman–Crippen LogP) is 4.13. The van der Waals surface area contributed by atoms with Crippen molar-refractivity contribution in [3.05, 3.63) is 51.7 Å². The fourth-order valence-corrected chi connectivity index (χ4v) is 2.74. The van der Waals surface area contributed by atoms with E-state index in [-0.39, 0.29) is 6.10 Å². The zero-order valence-corrected chi connectivity index (χ0v) is 12.6. The molecule has 0 fully saturated rings. The lowest BCUT2D eigenvalue weighted by Gasteiger charge is -2.10. The van der Waals surface area contributed by atoms with Crippen LogP contribution in [-0.4, -0.2) is 6.10 Å². The Kier molecular flexibility index (Phi) is 5.00. The fourth-order valence-electron chi connectivity index (χ4n) is 1.86. The van der Waals surface area contributed by atoms with Gasteiger partial charge < -0.3 is 10.1 Å². The SMILES string of the molecule is Cc1ccsc1CNCc1ccc(OC(C)C)cc1. The second kappa shape index (κ2) is 6.73. The van der Waals surface area contributed by atoms with E-state index in [4.69, 9.17) is 4.74 Å². The maximum atomic E-state index is 5.63. The Morgan fingerprint density at radius 3 is 2.42 bits per heavy atom. The van der Waals surface area contributed by atoms with Gasteiger partial charge in [0.05, 0.1) is 6.10 Å². The van der Waals surface area contributed by atoms with Crippen molar-refractivity contribution in [3.8, 4) is 5.75 Å². The van der Waals surface area contributed by atoms with Gasteiger partial charge in [-0.2, -0.15) is 0 Å². The average molecular weight is 275 g/mol. The van der Waals surface area contributed by atoms with Gasteiger partial charge in [-0.05, 0) is 55.5 Å². The van der Waals surface area contributed by atoms with Gasteiger partial charge in [-0.3, -0.25) is 0 Å². The monoisotopic (exact) mass is 275 g/mol. The second-order valence-electron chi connectivity index (χ2n) is 4.94. The van der Waals surface area contributed by atoms with Crippen molar-refractivity contribution in [1.82, 2.24) is 5.32 Å². The van der Waals surface area contributed by atoms with Crippen LogP contribution < -0.4 is 10.1 Å². The summed E-state index contributed by atoms with van der Waals surface area (Å²) in [6.45, 7) is 8.07. The molecule has 19 heavy (non-hydrogen) atoms. The summed E-state index contributed by atoms with van der Waals surface area (Å²) in [5, 5.41) is 5.62. The molecule has 102 valence electrons. The Hall–Kier alpha value is -1.32. The molecule has 0 aliphatic heterocycles. The Morgan fingerprint density at radius 1 is 1.11 bits per heavy atom. The molecule has 0 unspecified atom stereocenters. The molecule has 0 saturated heterocycles. The Balaban J connectivity index is 1.81. The van der Waals surface area contributed by atoms with Crippen molar-refractivity contribution in [1.29, 1.82) is 0 Å². The van der Waals surface area contributed by atoms with Crippen molar-refractivity contribution >= 4 is 11.3 Å². The van der Waals surface area contributed by atoms with Gasteiger partial charge in [-0.25, -0.2) is 0 Å². The molecule has 1 aromatic carbocycles. The summed E-state index contributed by atoms with van der Waals surface area (Å²) in [5.74, 6) is 0.938. The van der Waals surface area contributed by atoms with Crippen molar-refractivity contribution in [2.24, 2.45) is 0 Å². The van der Waals surface area contributed by atoms with Crippen molar-refractivity contribution in [2.45, 2.75) is 40.0 Å². The van der Waals surface area contributed by atoms with Crippen LogP contribution in [0.15, 0.2) is 35.7 Å². The molecule has 0 atom stereocenters. The Morgan fingerprint density at radius 2 is 1.84 bits per heavy atom. The van der Waals surface area contributed by atoms with E-state index < -0.39 is 0 Å². The topological polar surface area (TPSA) is 21.3 Å². The first-order valence-corrected chi connectivity index (χ1v) is 7.52. The molecule has 0 amide bonds. The van der Waals surface area contributed by atoms with Crippen LogP contribution in [-0.2, 0) is 13.1 Å². The van der Waals surface area contributed by atoms with Gasteiger partial charge in [0.2, 0.25) is 0 Å². The summed E-state index contributed by atoms with van der Waals surface area (Å²) in [7, 11) is 0. The lowest BCUT2D eigenvalue weighted by molar-refractivity contribution is 0.242. The Bertz CT molecular complexity index is 502. The van der Waals surface area contributed by atoms with Crippen LogP contribution >= 0.6 is 11.3 Å². The standard InChI is InChI=1S/C16H21NOS/c1-12(2)18-15-6-4-14(5-7-15)10-17-11-16-13(3)8-9-19-16/h4-9,12,17H,10-11H2,1-3H3. The van der Waals surface area contributed by atoms with Crippen LogP contribution in [0.2, 0.25) is 0 Å². The number of hydrogen-bond donors (Lipinski definition) is 1. The maximum Gasteiger partial charge on any atom is 0.119 e. The van der Waals surface area contributed by atoms with E-state index in [9.17, 15) is 0 Å². The van der Waals surface area contributed by atoms with Gasteiger partial charge in [0.15, 0.2) is 0 Å². The van der Waals surface area contributed by atoms with Crippen LogP contribution in [0.1, 0.15) is 29.9 Å². The number of rotatable bonds is 6. The van der Waals surface area contributed by atoms with Gasteiger partial charge in [0, 0.05) is 18.0 Å². The molecule has 1 N–H and O–H groups in total. The van der Waals surface area contributed by atoms with Crippen molar-refractivity contribution < 1.29 is 4.74 Å². The zero-order valence-electron chi connectivity index (χ0n) is 11.8. The third kappa shape index (κ3) is 4.37. The maximum absolute atomic E-state index is 5.63. The fraction of sp³-hybridized carbons (Fsp3) is 0.375. The van der Waals surface area contributed by atoms with Crippen LogP contribution in [0.4, 0.5) is 0 Å². The van der Waals surface area contributed by atoms with Crippen LogP contribution in [0, 0.1) is 6.92 Å². The van der Waals surface area contributed by atoms with E-state index in [1.165, 1.54) is 16.0 Å². The van der Waals surface area contributed by atoms with E-state index >= 15 is 0 Å². The minimum absolute atomic E-state index is 0.228. The number of aryl methyl sites for hydroxylation is 1. The van der Waals surface area contributed by atoms with Crippen LogP contribution in [0.5, 0.6) is 5.75 Å². The number of ether oxygens (including phenoxy) is 1. The molecule has 2 rings (SSSR count). The summed E-state index contributed by atoms with van der Waals surface area (Å²) < 4.78 is 5.63. The minimum Gasteiger partial charge on any atom is -0.491 e. The highest BCUT2D eigenvalue weighted by Crippen LogP contribution is 2.16. The zero-order chi connectivity index (χ0) is 13.7. The van der Waals surface area contributed by atoms with E-state index in [1.54, 1.807) is 0 Å². The normalized spacial score (nSPS) is 10.9. The van der Waals surface area contributed by atoms with Gasteiger partial charge in [-0.1, -0.05) is 12.1 Å². The summed E-state index contributed by atoms with van der Waals surface area (Å²) in [5.41, 5.74) is 2.66. The molecule has 1 heterocycles. The van der Waals surface area contributed by atoms with Gasteiger partial charge in [0.25, 0.3) is 0 Å². The average Bonchev–Trinajstić information content (AvgIpc) is 2.77. The summed E-state index contributed by atoms with van der Waals surface area (Å²) in [4.78, 5) is 1.42. The minimum atomic E-state index is 0.228. The van der Waals surface area contributed by atoms with E-state index in [0.29, 0.717) is 0 Å². The molecular formula is C16H21NOS. The largest absolute Gasteiger partial charge is 0.491 e. The predicted molar refractivity (Wildman–Crippen MR) is 81.8 cm³/mol. The molecule has 0 radical (unpaired) electrons. The van der Waals surface area contributed by atoms with E-state index in [0.717, 1.165) is 18.8 Å². The van der Waals surface area contributed by atoms with Crippen LogP contribution in [0.25, 0.3) is 0 Å². The van der Waals surface area contributed by atoms with Crippen molar-refractivity contribution in [2.75, 3.05) is 0 Å². The number of nitrogens with one attached hydrogen (secondary N) is 1. The summed E-state index contributed by atoms with van der Waals surface area (Å²) in [6.07, 6.45) is 0.228. The molecule has 0 saturated carbocycles.